The molecule has 0 unspecified atom stereocenters. The predicted molar refractivity (Wildman–Crippen MR) is 112 cm³/mol. The van der Waals surface area contributed by atoms with Crippen LogP contribution in [0.1, 0.15) is 51.2 Å². The van der Waals surface area contributed by atoms with Crippen molar-refractivity contribution in [1.29, 1.82) is 0 Å². The normalized spacial score (nSPS) is 12.6. The summed E-state index contributed by atoms with van der Waals surface area (Å²) in [6, 6.07) is 21.3. The molecule has 0 saturated carbocycles. The van der Waals surface area contributed by atoms with Crippen LogP contribution in [0.3, 0.4) is 0 Å². The van der Waals surface area contributed by atoms with Gasteiger partial charge in [-0.2, -0.15) is 0 Å². The summed E-state index contributed by atoms with van der Waals surface area (Å²) in [6.07, 6.45) is 3.14. The molecule has 0 bridgehead atoms. The molecule has 2 rings (SSSR count). The molecule has 0 aliphatic rings. The maximum Gasteiger partial charge on any atom is 0.159 e. The molecule has 1 atom stereocenters. The zero-order chi connectivity index (χ0) is 19.3. The minimum atomic E-state index is -0.134. The maximum atomic E-state index is 6.00. The van der Waals surface area contributed by atoms with E-state index >= 15 is 0 Å². The highest BCUT2D eigenvalue weighted by molar-refractivity contribution is 5.17. The molecule has 0 aliphatic heterocycles. The highest BCUT2D eigenvalue weighted by Gasteiger charge is 2.15. The summed E-state index contributed by atoms with van der Waals surface area (Å²) < 4.78 is 12.0. The van der Waals surface area contributed by atoms with E-state index in [1.54, 1.807) is 0 Å². The van der Waals surface area contributed by atoms with Gasteiger partial charge in [0.1, 0.15) is 0 Å². The highest BCUT2D eigenvalue weighted by atomic mass is 16.7. The number of hydrogen-bond donors (Lipinski definition) is 0. The van der Waals surface area contributed by atoms with Crippen molar-refractivity contribution in [2.24, 2.45) is 0 Å². The van der Waals surface area contributed by atoms with Crippen molar-refractivity contribution < 1.29 is 9.47 Å². The third-order valence-corrected chi connectivity index (χ3v) is 4.40. The number of ether oxygens (including phenoxy) is 2. The van der Waals surface area contributed by atoms with Crippen LogP contribution in [-0.4, -0.2) is 30.4 Å². The van der Waals surface area contributed by atoms with Crippen LogP contribution in [0.15, 0.2) is 60.7 Å². The Bertz CT molecular complexity index is 559. The van der Waals surface area contributed by atoms with Gasteiger partial charge >= 0.3 is 0 Å². The Morgan fingerprint density at radius 1 is 0.852 bits per heavy atom. The van der Waals surface area contributed by atoms with E-state index in [1.807, 2.05) is 0 Å². The zero-order valence-corrected chi connectivity index (χ0v) is 17.1. The molecule has 27 heavy (non-hydrogen) atoms. The van der Waals surface area contributed by atoms with E-state index in [2.05, 4.69) is 86.3 Å². The van der Waals surface area contributed by atoms with Crippen molar-refractivity contribution in [1.82, 2.24) is 4.90 Å². The van der Waals surface area contributed by atoms with Gasteiger partial charge in [0.2, 0.25) is 0 Å². The van der Waals surface area contributed by atoms with E-state index in [-0.39, 0.29) is 12.4 Å². The molecule has 0 saturated heterocycles. The molecule has 0 spiro atoms. The summed E-state index contributed by atoms with van der Waals surface area (Å²) in [5, 5.41) is 0. The first-order valence-corrected chi connectivity index (χ1v) is 10.2. The van der Waals surface area contributed by atoms with Gasteiger partial charge in [0, 0.05) is 32.7 Å². The Morgan fingerprint density at radius 2 is 1.41 bits per heavy atom. The lowest BCUT2D eigenvalue weighted by Gasteiger charge is -2.26. The molecule has 0 fully saturated rings. The SMILES string of the molecule is CCCCO[C@H](CCN(Cc1ccccc1)Cc1ccccc1)OC(C)C. The topological polar surface area (TPSA) is 21.7 Å². The average Bonchev–Trinajstić information content (AvgIpc) is 2.67. The summed E-state index contributed by atoms with van der Waals surface area (Å²) in [7, 11) is 0. The smallest absolute Gasteiger partial charge is 0.159 e. The molecule has 2 aromatic carbocycles. The molecular weight excluding hydrogens is 334 g/mol. The van der Waals surface area contributed by atoms with Crippen molar-refractivity contribution in [3.8, 4) is 0 Å². The summed E-state index contributed by atoms with van der Waals surface area (Å²) in [5.41, 5.74) is 2.67. The predicted octanol–water partition coefficient (Wildman–Crippen LogP) is 5.65. The lowest BCUT2D eigenvalue weighted by Crippen LogP contribution is -2.30. The van der Waals surface area contributed by atoms with E-state index < -0.39 is 0 Å². The van der Waals surface area contributed by atoms with Gasteiger partial charge in [-0.25, -0.2) is 0 Å². The van der Waals surface area contributed by atoms with Gasteiger partial charge in [-0.1, -0.05) is 74.0 Å². The molecule has 0 N–H and O–H groups in total. The van der Waals surface area contributed by atoms with Gasteiger partial charge in [0.05, 0.1) is 6.10 Å². The van der Waals surface area contributed by atoms with Crippen LogP contribution in [0.2, 0.25) is 0 Å². The fourth-order valence-corrected chi connectivity index (χ4v) is 3.04. The van der Waals surface area contributed by atoms with Crippen LogP contribution in [0.4, 0.5) is 0 Å². The molecular formula is C24H35NO2. The zero-order valence-electron chi connectivity index (χ0n) is 17.1. The van der Waals surface area contributed by atoms with Crippen molar-refractivity contribution >= 4 is 0 Å². The lowest BCUT2D eigenvalue weighted by atomic mass is 10.1. The van der Waals surface area contributed by atoms with Crippen LogP contribution in [-0.2, 0) is 22.6 Å². The summed E-state index contributed by atoms with van der Waals surface area (Å²) in [6.45, 7) is 9.89. The van der Waals surface area contributed by atoms with E-state index in [0.29, 0.717) is 0 Å². The number of benzene rings is 2. The molecule has 2 aromatic rings. The molecule has 3 nitrogen and oxygen atoms in total. The first kappa shape index (κ1) is 21.6. The van der Waals surface area contributed by atoms with Gasteiger partial charge in [-0.15, -0.1) is 0 Å². The molecule has 0 amide bonds. The van der Waals surface area contributed by atoms with Crippen LogP contribution in [0, 0.1) is 0 Å². The first-order valence-electron chi connectivity index (χ1n) is 10.2. The Balaban J connectivity index is 1.97. The van der Waals surface area contributed by atoms with Crippen molar-refractivity contribution in [3.05, 3.63) is 71.8 Å². The second-order valence-corrected chi connectivity index (χ2v) is 7.31. The third-order valence-electron chi connectivity index (χ3n) is 4.40. The number of rotatable bonds is 13. The standard InChI is InChI=1S/C24H35NO2/c1-4-5-18-26-24(27-21(2)3)16-17-25(19-22-12-8-6-9-13-22)20-23-14-10-7-11-15-23/h6-15,21,24H,4-5,16-20H2,1-3H3/t24-/m0/s1. The lowest BCUT2D eigenvalue weighted by molar-refractivity contribution is -0.168. The fraction of sp³-hybridized carbons (Fsp3) is 0.500. The van der Waals surface area contributed by atoms with E-state index in [9.17, 15) is 0 Å². The van der Waals surface area contributed by atoms with Gasteiger partial charge in [0.15, 0.2) is 6.29 Å². The average molecular weight is 370 g/mol. The number of nitrogens with zero attached hydrogens (tertiary/aromatic N) is 1. The van der Waals surface area contributed by atoms with Crippen molar-refractivity contribution in [2.45, 2.75) is 65.5 Å². The van der Waals surface area contributed by atoms with Crippen LogP contribution in [0.25, 0.3) is 0 Å². The molecule has 0 heterocycles. The van der Waals surface area contributed by atoms with E-state index in [0.717, 1.165) is 45.5 Å². The summed E-state index contributed by atoms with van der Waals surface area (Å²) in [5.74, 6) is 0. The maximum absolute atomic E-state index is 6.00. The Hall–Kier alpha value is -1.68. The van der Waals surface area contributed by atoms with E-state index in [1.165, 1.54) is 11.1 Å². The molecule has 0 aliphatic carbocycles. The second kappa shape index (κ2) is 12.7. The highest BCUT2D eigenvalue weighted by Crippen LogP contribution is 2.14. The monoisotopic (exact) mass is 369 g/mol. The fourth-order valence-electron chi connectivity index (χ4n) is 3.04. The van der Waals surface area contributed by atoms with Crippen molar-refractivity contribution in [2.75, 3.05) is 13.2 Å². The van der Waals surface area contributed by atoms with Gasteiger partial charge in [0.25, 0.3) is 0 Å². The van der Waals surface area contributed by atoms with Crippen LogP contribution in [0.5, 0.6) is 0 Å². The quantitative estimate of drug-likeness (QED) is 0.336. The Morgan fingerprint density at radius 3 is 1.89 bits per heavy atom. The number of unbranched alkanes of at least 4 members (excludes halogenated alkanes) is 1. The third kappa shape index (κ3) is 9.18. The van der Waals surface area contributed by atoms with Gasteiger partial charge in [-0.3, -0.25) is 4.90 Å². The number of hydrogen-bond acceptors (Lipinski definition) is 3. The molecule has 0 radical (unpaired) electrons. The Kier molecular flexibility index (Phi) is 10.1. The molecule has 148 valence electrons. The minimum absolute atomic E-state index is 0.134. The Labute approximate surface area is 165 Å². The van der Waals surface area contributed by atoms with Crippen molar-refractivity contribution in [3.63, 3.8) is 0 Å². The minimum Gasteiger partial charge on any atom is -0.353 e. The van der Waals surface area contributed by atoms with Crippen LogP contribution >= 0.6 is 0 Å². The molecule has 0 aromatic heterocycles. The summed E-state index contributed by atoms with van der Waals surface area (Å²) >= 11 is 0. The second-order valence-electron chi connectivity index (χ2n) is 7.31. The first-order chi connectivity index (χ1) is 13.2. The van der Waals surface area contributed by atoms with Gasteiger partial charge < -0.3 is 9.47 Å². The molecule has 3 heteroatoms. The van der Waals surface area contributed by atoms with Crippen LogP contribution < -0.4 is 0 Å². The van der Waals surface area contributed by atoms with Gasteiger partial charge in [-0.05, 0) is 31.4 Å². The van der Waals surface area contributed by atoms with E-state index in [4.69, 9.17) is 9.47 Å². The summed E-state index contributed by atoms with van der Waals surface area (Å²) in [4.78, 5) is 2.48. The largest absolute Gasteiger partial charge is 0.353 e.